The van der Waals surface area contributed by atoms with Crippen LogP contribution in [0.5, 0.6) is 0 Å². The van der Waals surface area contributed by atoms with E-state index in [0.717, 1.165) is 127 Å². The zero-order valence-corrected chi connectivity index (χ0v) is 42.0. The van der Waals surface area contributed by atoms with Gasteiger partial charge >= 0.3 is 0 Å². The summed E-state index contributed by atoms with van der Waals surface area (Å²) >= 11 is 25.8. The third-order valence-electron chi connectivity index (χ3n) is 15.6. The molecule has 69 heavy (non-hydrogen) atoms. The average molecular weight is 1000 g/mol. The van der Waals surface area contributed by atoms with Gasteiger partial charge in [0.05, 0.1) is 31.5 Å². The molecule has 354 valence electrons. The first kappa shape index (κ1) is 46.1. The highest BCUT2D eigenvalue weighted by molar-refractivity contribution is 6.44. The molecule has 2 N–H and O–H groups in total. The van der Waals surface area contributed by atoms with Gasteiger partial charge in [0.25, 0.3) is 0 Å². The predicted molar refractivity (Wildman–Crippen MR) is 278 cm³/mol. The van der Waals surface area contributed by atoms with Gasteiger partial charge < -0.3 is 20.4 Å². The monoisotopic (exact) mass is 1000 g/mol. The number of benzene rings is 4. The zero-order chi connectivity index (χ0) is 47.8. The van der Waals surface area contributed by atoms with E-state index in [2.05, 4.69) is 61.1 Å². The minimum absolute atomic E-state index is 0.0821. The Morgan fingerprint density at radius 2 is 1.04 bits per heavy atom. The molecule has 0 unspecified atom stereocenters. The molecule has 2 saturated heterocycles. The van der Waals surface area contributed by atoms with E-state index in [-0.39, 0.29) is 22.7 Å². The fraction of sp³-hybridized carbons (Fsp3) is 0.333. The Morgan fingerprint density at radius 3 is 1.54 bits per heavy atom. The third kappa shape index (κ3) is 7.75. The number of aromatic nitrogens is 6. The van der Waals surface area contributed by atoms with Crippen LogP contribution >= 0.6 is 46.4 Å². The first-order valence-corrected chi connectivity index (χ1v) is 25.2. The van der Waals surface area contributed by atoms with Crippen molar-refractivity contribution in [2.24, 2.45) is 10.8 Å². The molecule has 6 heterocycles. The summed E-state index contributed by atoms with van der Waals surface area (Å²) in [6.07, 6.45) is 13.8. The summed E-state index contributed by atoms with van der Waals surface area (Å²) in [6.45, 7) is 7.68. The van der Waals surface area contributed by atoms with Gasteiger partial charge in [-0.15, -0.1) is 0 Å². The van der Waals surface area contributed by atoms with Crippen molar-refractivity contribution in [2.75, 3.05) is 50.1 Å². The van der Waals surface area contributed by atoms with Gasteiger partial charge in [0, 0.05) is 85.3 Å². The molecular weight excluding hydrogens is 949 g/mol. The Bertz CT molecular complexity index is 3260. The standard InChI is InChI=1S/C27H26Cl2FN5.C27H27Cl2N5/c1-16-22(20-4-3-5-21(28)23(20)29)25-32-10-13-35(25)26(33-16)34-11-8-27(9-12-34)15-17-14-18(30)6-7-19(17)24(27)31-2;1-17-22(20-8-5-9-21(28)23(20)29)25-31-12-15-34(25)26(32-17)33-13-10-27(11-14-33)16-18-6-3-4-7-19(18)24(27)30-2/h3-7,10,13-14,24,31H,8-9,11-12,15H2,1-2H3;3-9,12,15,24,30H,10-11,13-14,16H2,1-2H3/t2*24-/m11/s1. The Labute approximate surface area is 421 Å². The highest BCUT2D eigenvalue weighted by atomic mass is 35.5. The second-order valence-electron chi connectivity index (χ2n) is 19.2. The normalized spacial score (nSPS) is 19.1. The van der Waals surface area contributed by atoms with E-state index in [0.29, 0.717) is 26.1 Å². The molecular formula is C54H53Cl4FN10. The van der Waals surface area contributed by atoms with Gasteiger partial charge in [-0.2, -0.15) is 0 Å². The van der Waals surface area contributed by atoms with E-state index < -0.39 is 0 Å². The van der Waals surface area contributed by atoms with Crippen LogP contribution in [0, 0.1) is 30.5 Å². The zero-order valence-electron chi connectivity index (χ0n) is 39.0. The van der Waals surface area contributed by atoms with E-state index in [9.17, 15) is 4.39 Å². The van der Waals surface area contributed by atoms with Crippen molar-refractivity contribution in [2.45, 2.75) is 64.5 Å². The number of nitrogens with one attached hydrogen (secondary N) is 2. The van der Waals surface area contributed by atoms with Crippen LogP contribution in [0.4, 0.5) is 16.3 Å². The number of imidazole rings is 2. The van der Waals surface area contributed by atoms with Crippen LogP contribution in [0.15, 0.2) is 104 Å². The first-order valence-electron chi connectivity index (χ1n) is 23.7. The second-order valence-corrected chi connectivity index (χ2v) is 20.8. The van der Waals surface area contributed by atoms with E-state index in [1.54, 1.807) is 30.5 Å². The number of rotatable bonds is 6. The Kier molecular flexibility index (Phi) is 12.1. The molecule has 0 radical (unpaired) electrons. The van der Waals surface area contributed by atoms with Crippen LogP contribution in [0.25, 0.3) is 33.5 Å². The Hall–Kier alpha value is -5.27. The van der Waals surface area contributed by atoms with Gasteiger partial charge in [0.2, 0.25) is 11.9 Å². The molecule has 2 atom stereocenters. The molecule has 2 aliphatic carbocycles. The lowest BCUT2D eigenvalue weighted by molar-refractivity contribution is 0.166. The van der Waals surface area contributed by atoms with Crippen molar-refractivity contribution in [3.63, 3.8) is 0 Å². The highest BCUT2D eigenvalue weighted by Gasteiger charge is 2.49. The maximum Gasteiger partial charge on any atom is 0.211 e. The molecule has 4 aromatic heterocycles. The number of nitrogens with zero attached hydrogens (tertiary/aromatic N) is 8. The largest absolute Gasteiger partial charge is 0.342 e. The number of hydrogen-bond donors (Lipinski definition) is 2. The Morgan fingerprint density at radius 1 is 0.580 bits per heavy atom. The Balaban J connectivity index is 0.000000151. The van der Waals surface area contributed by atoms with Gasteiger partial charge in [-0.25, -0.2) is 24.3 Å². The maximum absolute atomic E-state index is 13.9. The van der Waals surface area contributed by atoms with Crippen LogP contribution in [0.3, 0.4) is 0 Å². The van der Waals surface area contributed by atoms with Gasteiger partial charge in [-0.1, -0.05) is 101 Å². The molecule has 0 amide bonds. The average Bonchev–Trinajstić information content (AvgIpc) is 4.15. The first-order chi connectivity index (χ1) is 33.4. The summed E-state index contributed by atoms with van der Waals surface area (Å²) in [5.74, 6) is 1.67. The lowest BCUT2D eigenvalue weighted by Crippen LogP contribution is -2.45. The number of piperidine rings is 2. The highest BCUT2D eigenvalue weighted by Crippen LogP contribution is 2.54. The minimum Gasteiger partial charge on any atom is -0.342 e. The van der Waals surface area contributed by atoms with Gasteiger partial charge in [-0.05, 0) is 124 Å². The SMILES string of the molecule is CN[C@@H]1c2ccc(F)cc2CC12CCN(c1nc(C)c(-c3cccc(Cl)c3Cl)c3nccn13)CC2.CN[C@@H]1c2ccccc2CC12CCN(c1nc(C)c(-c3cccc(Cl)c3Cl)c3nccn13)CC2. The number of hydrogen-bond acceptors (Lipinski definition) is 8. The maximum atomic E-state index is 13.9. The fourth-order valence-electron chi connectivity index (χ4n) is 12.4. The van der Waals surface area contributed by atoms with Crippen molar-refractivity contribution >= 4 is 69.6 Å². The summed E-state index contributed by atoms with van der Waals surface area (Å²) in [6, 6.07) is 26.1. The number of halogens is 5. The quantitative estimate of drug-likeness (QED) is 0.170. The molecule has 2 spiro atoms. The summed E-state index contributed by atoms with van der Waals surface area (Å²) < 4.78 is 18.1. The van der Waals surface area contributed by atoms with Gasteiger partial charge in [0.15, 0.2) is 0 Å². The van der Waals surface area contributed by atoms with E-state index in [1.807, 2.05) is 74.2 Å². The molecule has 8 aromatic rings. The smallest absolute Gasteiger partial charge is 0.211 e. The topological polar surface area (TPSA) is 90.9 Å². The minimum atomic E-state index is -0.157. The van der Waals surface area contributed by atoms with Crippen LogP contribution in [0.1, 0.15) is 71.4 Å². The molecule has 0 bridgehead atoms. The lowest BCUT2D eigenvalue weighted by atomic mass is 9.73. The van der Waals surface area contributed by atoms with E-state index >= 15 is 0 Å². The lowest BCUT2D eigenvalue weighted by Gasteiger charge is -2.43. The summed E-state index contributed by atoms with van der Waals surface area (Å²) in [7, 11) is 4.11. The molecule has 4 aromatic carbocycles. The fourth-order valence-corrected chi connectivity index (χ4v) is 13.2. The van der Waals surface area contributed by atoms with E-state index in [1.165, 1.54) is 16.7 Å². The summed E-state index contributed by atoms with van der Waals surface area (Å²) in [5.41, 5.74) is 12.6. The van der Waals surface area contributed by atoms with Gasteiger partial charge in [-0.3, -0.25) is 8.80 Å². The predicted octanol–water partition coefficient (Wildman–Crippen LogP) is 12.4. The van der Waals surface area contributed by atoms with Crippen molar-refractivity contribution in [3.05, 3.63) is 163 Å². The molecule has 0 saturated carbocycles. The van der Waals surface area contributed by atoms with Crippen LogP contribution < -0.4 is 20.4 Å². The van der Waals surface area contributed by atoms with E-state index in [4.69, 9.17) is 61.4 Å². The molecule has 4 aliphatic rings. The van der Waals surface area contributed by atoms with Crippen molar-refractivity contribution < 1.29 is 4.39 Å². The molecule has 2 fully saturated rings. The third-order valence-corrected chi connectivity index (χ3v) is 17.3. The summed E-state index contributed by atoms with van der Waals surface area (Å²) in [4.78, 5) is 24.2. The van der Waals surface area contributed by atoms with Crippen LogP contribution in [0.2, 0.25) is 20.1 Å². The molecule has 2 aliphatic heterocycles. The van der Waals surface area contributed by atoms with Gasteiger partial charge in [0.1, 0.15) is 17.1 Å². The molecule has 15 heteroatoms. The van der Waals surface area contributed by atoms with Crippen molar-refractivity contribution in [1.82, 2.24) is 39.4 Å². The van der Waals surface area contributed by atoms with Crippen molar-refractivity contribution in [1.29, 1.82) is 0 Å². The van der Waals surface area contributed by atoms with Crippen molar-refractivity contribution in [3.8, 4) is 22.3 Å². The number of anilines is 2. The molecule has 12 rings (SSSR count). The second kappa shape index (κ2) is 18.2. The van der Waals surface area contributed by atoms with Crippen LogP contribution in [-0.4, -0.2) is 69.0 Å². The molecule has 10 nitrogen and oxygen atoms in total. The number of fused-ring (bicyclic) bond motifs is 4. The number of aryl methyl sites for hydroxylation is 2. The van der Waals surface area contributed by atoms with Crippen LogP contribution in [-0.2, 0) is 12.8 Å². The summed E-state index contributed by atoms with van der Waals surface area (Å²) in [5, 5.41) is 9.24.